The molecule has 2 aromatic carbocycles. The smallest absolute Gasteiger partial charge is 0.393 e. The number of anilines is 1. The summed E-state index contributed by atoms with van der Waals surface area (Å²) in [5.74, 6) is -0.274. The zero-order valence-electron chi connectivity index (χ0n) is 20.8. The summed E-state index contributed by atoms with van der Waals surface area (Å²) in [6.45, 7) is 6.47. The minimum Gasteiger partial charge on any atom is -0.393 e. The van der Waals surface area contributed by atoms with Gasteiger partial charge >= 0.3 is 12.4 Å². The third kappa shape index (κ3) is 4.94. The summed E-state index contributed by atoms with van der Waals surface area (Å²) in [6.07, 6.45) is -11.2. The fourth-order valence-electron chi connectivity index (χ4n) is 5.04. The largest absolute Gasteiger partial charge is 0.429 e. The van der Waals surface area contributed by atoms with Crippen molar-refractivity contribution in [1.82, 2.24) is 0 Å². The number of hydrogen-bond donors (Lipinski definition) is 0. The van der Waals surface area contributed by atoms with Crippen LogP contribution in [0, 0.1) is 0 Å². The summed E-state index contributed by atoms with van der Waals surface area (Å²) in [4.78, 5) is 14.5. The normalized spacial score (nSPS) is 16.8. The number of alkyl halides is 6. The van der Waals surface area contributed by atoms with Crippen LogP contribution in [0.1, 0.15) is 44.4 Å². The first-order chi connectivity index (χ1) is 16.7. The highest BCUT2D eigenvalue weighted by atomic mass is 28.4. The Morgan fingerprint density at radius 1 is 0.944 bits per heavy atom. The molecule has 1 aliphatic heterocycles. The monoisotopic (exact) mass is 531 g/mol. The van der Waals surface area contributed by atoms with Gasteiger partial charge in [0.05, 0.1) is 6.42 Å². The van der Waals surface area contributed by atoms with Gasteiger partial charge < -0.3 is 9.33 Å². The molecule has 1 atom stereocenters. The number of halogens is 6. The van der Waals surface area contributed by atoms with Gasteiger partial charge in [0.1, 0.15) is 0 Å². The fraction of sp³-hybridized carbons (Fsp3) is 0.500. The Labute approximate surface area is 208 Å². The van der Waals surface area contributed by atoms with Crippen molar-refractivity contribution in [2.24, 2.45) is 0 Å². The molecule has 0 N–H and O–H groups in total. The predicted octanol–water partition coefficient (Wildman–Crippen LogP) is 7.55. The van der Waals surface area contributed by atoms with Crippen molar-refractivity contribution in [2.75, 3.05) is 4.90 Å². The summed E-state index contributed by atoms with van der Waals surface area (Å²) in [7, 11) is -3.37. The van der Waals surface area contributed by atoms with Gasteiger partial charge in [0.2, 0.25) is 5.91 Å². The van der Waals surface area contributed by atoms with Crippen LogP contribution in [0.15, 0.2) is 48.5 Å². The molecule has 2 aromatic rings. The number of benzene rings is 2. The van der Waals surface area contributed by atoms with Gasteiger partial charge in [-0.2, -0.15) is 26.3 Å². The maximum atomic E-state index is 14.5. The summed E-state index contributed by atoms with van der Waals surface area (Å²) < 4.78 is 92.2. The van der Waals surface area contributed by atoms with E-state index in [0.29, 0.717) is 5.69 Å². The molecule has 0 saturated heterocycles. The number of amides is 1. The second-order valence-corrected chi connectivity index (χ2v) is 14.0. The van der Waals surface area contributed by atoms with Crippen LogP contribution in [0.2, 0.25) is 18.1 Å². The van der Waals surface area contributed by atoms with E-state index in [-0.39, 0.29) is 42.4 Å². The van der Waals surface area contributed by atoms with Gasteiger partial charge in [-0.1, -0.05) is 63.2 Å². The lowest BCUT2D eigenvalue weighted by molar-refractivity contribution is -0.369. The summed E-state index contributed by atoms with van der Waals surface area (Å²) >= 11 is 0. The van der Waals surface area contributed by atoms with Crippen LogP contribution >= 0.6 is 0 Å². The first-order valence-corrected chi connectivity index (χ1v) is 14.6. The van der Waals surface area contributed by atoms with Crippen LogP contribution < -0.4 is 4.90 Å². The van der Waals surface area contributed by atoms with E-state index < -0.39 is 37.9 Å². The Morgan fingerprint density at radius 2 is 1.50 bits per heavy atom. The SMILES string of the molecule is CC[Si](CC)(CC)OC(c1ccc2c(c1)CC(C)N2C(=O)Cc1ccccc1)(C(F)(F)F)C(F)(F)F. The van der Waals surface area contributed by atoms with Crippen LogP contribution in [0.25, 0.3) is 0 Å². The third-order valence-electron chi connectivity index (χ3n) is 7.27. The van der Waals surface area contributed by atoms with E-state index in [0.717, 1.165) is 17.7 Å². The number of carbonyl (C=O) groups excluding carboxylic acids is 1. The fourth-order valence-corrected chi connectivity index (χ4v) is 7.97. The number of rotatable bonds is 8. The van der Waals surface area contributed by atoms with Gasteiger partial charge in [-0.05, 0) is 48.7 Å². The molecule has 198 valence electrons. The Bertz CT molecular complexity index is 1040. The van der Waals surface area contributed by atoms with E-state index in [1.54, 1.807) is 52.0 Å². The molecule has 0 radical (unpaired) electrons. The molecule has 3 rings (SSSR count). The molecule has 0 fully saturated rings. The molecule has 1 unspecified atom stereocenters. The number of hydrogen-bond acceptors (Lipinski definition) is 2. The number of nitrogens with zero attached hydrogens (tertiary/aromatic N) is 1. The molecule has 3 nitrogen and oxygen atoms in total. The van der Waals surface area contributed by atoms with Crippen molar-refractivity contribution in [3.63, 3.8) is 0 Å². The molecule has 0 aliphatic carbocycles. The summed E-state index contributed by atoms with van der Waals surface area (Å²) in [5.41, 5.74) is -4.07. The minimum absolute atomic E-state index is 0.0716. The molecule has 0 saturated carbocycles. The van der Waals surface area contributed by atoms with Crippen molar-refractivity contribution in [3.8, 4) is 0 Å². The predicted molar refractivity (Wildman–Crippen MR) is 129 cm³/mol. The first-order valence-electron chi connectivity index (χ1n) is 12.1. The lowest BCUT2D eigenvalue weighted by atomic mass is 9.90. The van der Waals surface area contributed by atoms with Gasteiger partial charge in [-0.3, -0.25) is 4.79 Å². The third-order valence-corrected chi connectivity index (χ3v) is 11.9. The van der Waals surface area contributed by atoms with E-state index >= 15 is 0 Å². The van der Waals surface area contributed by atoms with Crippen molar-refractivity contribution in [1.29, 1.82) is 0 Å². The maximum Gasteiger partial charge on any atom is 0.429 e. The summed E-state index contributed by atoms with van der Waals surface area (Å²) in [6, 6.07) is 11.9. The van der Waals surface area contributed by atoms with Crippen molar-refractivity contribution < 1.29 is 35.6 Å². The zero-order chi connectivity index (χ0) is 26.9. The van der Waals surface area contributed by atoms with E-state index in [1.165, 1.54) is 11.0 Å². The first kappa shape index (κ1) is 28.2. The Balaban J connectivity index is 2.10. The van der Waals surface area contributed by atoms with E-state index in [2.05, 4.69) is 0 Å². The second kappa shape index (κ2) is 10.2. The van der Waals surface area contributed by atoms with Crippen molar-refractivity contribution in [2.45, 2.75) is 82.7 Å². The van der Waals surface area contributed by atoms with Gasteiger partial charge in [-0.25, -0.2) is 0 Å². The molecule has 36 heavy (non-hydrogen) atoms. The molecular weight excluding hydrogens is 500 g/mol. The Kier molecular flexibility index (Phi) is 8.00. The average molecular weight is 532 g/mol. The maximum absolute atomic E-state index is 14.5. The number of fused-ring (bicyclic) bond motifs is 1. The van der Waals surface area contributed by atoms with Gasteiger partial charge in [0.25, 0.3) is 5.60 Å². The Morgan fingerprint density at radius 3 is 2.00 bits per heavy atom. The number of carbonyl (C=O) groups is 1. The Hall–Kier alpha value is -2.33. The molecule has 0 aromatic heterocycles. The van der Waals surface area contributed by atoms with Crippen LogP contribution in [0.4, 0.5) is 32.0 Å². The highest BCUT2D eigenvalue weighted by Crippen LogP contribution is 2.56. The van der Waals surface area contributed by atoms with Crippen LogP contribution in [0.5, 0.6) is 0 Å². The molecule has 1 amide bonds. The minimum atomic E-state index is -5.73. The van der Waals surface area contributed by atoms with Gasteiger partial charge in [-0.15, -0.1) is 0 Å². The highest BCUT2D eigenvalue weighted by molar-refractivity contribution is 6.73. The topological polar surface area (TPSA) is 29.5 Å². The zero-order valence-corrected chi connectivity index (χ0v) is 21.8. The summed E-state index contributed by atoms with van der Waals surface area (Å²) in [5, 5.41) is 0. The van der Waals surface area contributed by atoms with Crippen LogP contribution in [-0.4, -0.2) is 32.6 Å². The lowest BCUT2D eigenvalue weighted by Gasteiger charge is -2.44. The standard InChI is InChI=1S/C26H31F6NO2Si/c1-5-36(6-2,7-3)35-24(25(27,28)29,26(30,31)32)21-13-14-22-20(17-21)15-18(4)33(22)23(34)16-19-11-9-8-10-12-19/h8-14,17-18H,5-7,15-16H2,1-4H3. The van der Waals surface area contributed by atoms with E-state index in [9.17, 15) is 31.1 Å². The van der Waals surface area contributed by atoms with Crippen LogP contribution in [-0.2, 0) is 27.7 Å². The van der Waals surface area contributed by atoms with Crippen LogP contribution in [0.3, 0.4) is 0 Å². The average Bonchev–Trinajstić information content (AvgIpc) is 3.14. The highest BCUT2D eigenvalue weighted by Gasteiger charge is 2.74. The molecule has 0 spiro atoms. The quantitative estimate of drug-likeness (QED) is 0.260. The second-order valence-electron chi connectivity index (χ2n) is 9.35. The van der Waals surface area contributed by atoms with Gasteiger partial charge in [0.15, 0.2) is 8.32 Å². The van der Waals surface area contributed by atoms with E-state index in [1.807, 2.05) is 6.07 Å². The van der Waals surface area contributed by atoms with Crippen molar-refractivity contribution >= 4 is 19.9 Å². The van der Waals surface area contributed by atoms with Crippen molar-refractivity contribution in [3.05, 3.63) is 65.2 Å². The van der Waals surface area contributed by atoms with Gasteiger partial charge in [0, 0.05) is 17.3 Å². The molecule has 0 bridgehead atoms. The lowest BCUT2D eigenvalue weighted by Crippen LogP contribution is -2.61. The van der Waals surface area contributed by atoms with E-state index in [4.69, 9.17) is 4.43 Å². The molecule has 10 heteroatoms. The molecule has 1 heterocycles. The molecular formula is C26H31F6NO2Si. The molecule has 1 aliphatic rings.